The summed E-state index contributed by atoms with van der Waals surface area (Å²) >= 11 is 0. The molecule has 0 saturated heterocycles. The molecule has 0 fully saturated rings. The van der Waals surface area contributed by atoms with E-state index in [1.165, 1.54) is 32.4 Å². The highest BCUT2D eigenvalue weighted by atomic mass is 19.4. The molecule has 2 aromatic rings. The van der Waals surface area contributed by atoms with Crippen molar-refractivity contribution < 1.29 is 37.3 Å². The van der Waals surface area contributed by atoms with Crippen molar-refractivity contribution in [1.82, 2.24) is 0 Å². The minimum absolute atomic E-state index is 0.125. The number of Topliss-reactive ketones (excluding diaryl/α,β-unsaturated/α-hetero) is 1. The van der Waals surface area contributed by atoms with Crippen molar-refractivity contribution in [2.24, 2.45) is 0 Å². The molecular formula is C21H18F3NO5. The molecule has 30 heavy (non-hydrogen) atoms. The molecule has 2 aromatic carbocycles. The number of carbonyl (C=O) groups is 2. The standard InChI is InChI=1S/C21H18F3NO5/c1-11(26)17-18(15-8-7-14(29-2)10-16(15)30-3)25(20(28)19(17)27)13-6-4-5-12(9-13)21(22,23)24/h4-10,18,27H,1-3H3. The Balaban J connectivity index is 2.23. The average Bonchev–Trinajstić information content (AvgIpc) is 2.97. The lowest BCUT2D eigenvalue weighted by Gasteiger charge is -2.28. The van der Waals surface area contributed by atoms with E-state index >= 15 is 0 Å². The van der Waals surface area contributed by atoms with Crippen LogP contribution in [0.1, 0.15) is 24.1 Å². The van der Waals surface area contributed by atoms with Gasteiger partial charge < -0.3 is 14.6 Å². The van der Waals surface area contributed by atoms with Crippen LogP contribution in [-0.2, 0) is 15.8 Å². The molecule has 0 radical (unpaired) electrons. The molecule has 9 heteroatoms. The highest BCUT2D eigenvalue weighted by Crippen LogP contribution is 2.45. The summed E-state index contributed by atoms with van der Waals surface area (Å²) in [6, 6.07) is 7.51. The third-order valence-electron chi connectivity index (χ3n) is 4.77. The van der Waals surface area contributed by atoms with E-state index in [1.54, 1.807) is 6.07 Å². The van der Waals surface area contributed by atoms with E-state index in [9.17, 15) is 27.9 Å². The first-order valence-corrected chi connectivity index (χ1v) is 8.77. The number of halogens is 3. The van der Waals surface area contributed by atoms with Crippen LogP contribution >= 0.6 is 0 Å². The van der Waals surface area contributed by atoms with Crippen LogP contribution in [0.3, 0.4) is 0 Å². The number of aliphatic hydroxyl groups is 1. The van der Waals surface area contributed by atoms with Gasteiger partial charge in [-0.2, -0.15) is 13.2 Å². The fourth-order valence-corrected chi connectivity index (χ4v) is 3.40. The molecule has 1 aliphatic heterocycles. The third-order valence-corrected chi connectivity index (χ3v) is 4.77. The van der Waals surface area contributed by atoms with Crippen LogP contribution in [0.4, 0.5) is 18.9 Å². The van der Waals surface area contributed by atoms with Gasteiger partial charge in [-0.05, 0) is 37.3 Å². The summed E-state index contributed by atoms with van der Waals surface area (Å²) in [6.07, 6.45) is -4.63. The van der Waals surface area contributed by atoms with E-state index in [0.717, 1.165) is 30.0 Å². The Morgan fingerprint density at radius 1 is 1.10 bits per heavy atom. The maximum absolute atomic E-state index is 13.2. The highest BCUT2D eigenvalue weighted by Gasteiger charge is 2.45. The number of ether oxygens (including phenoxy) is 2. The number of aliphatic hydroxyl groups excluding tert-OH is 1. The molecule has 0 bridgehead atoms. The first kappa shape index (κ1) is 21.2. The van der Waals surface area contributed by atoms with Crippen LogP contribution in [0, 0.1) is 0 Å². The van der Waals surface area contributed by atoms with Crippen LogP contribution in [0.5, 0.6) is 11.5 Å². The van der Waals surface area contributed by atoms with E-state index in [-0.39, 0.29) is 17.0 Å². The first-order chi connectivity index (χ1) is 14.1. The van der Waals surface area contributed by atoms with Crippen molar-refractivity contribution >= 4 is 17.4 Å². The third kappa shape index (κ3) is 3.58. The lowest BCUT2D eigenvalue weighted by Crippen LogP contribution is -2.31. The SMILES string of the molecule is COc1ccc(C2C(C(C)=O)=C(O)C(=O)N2c2cccc(C(F)(F)F)c2)c(OC)c1. The quantitative estimate of drug-likeness (QED) is 0.783. The van der Waals surface area contributed by atoms with Crippen LogP contribution in [-0.4, -0.2) is 31.0 Å². The van der Waals surface area contributed by atoms with Gasteiger partial charge in [0.15, 0.2) is 11.5 Å². The summed E-state index contributed by atoms with van der Waals surface area (Å²) in [5.41, 5.74) is -1.02. The summed E-state index contributed by atoms with van der Waals surface area (Å²) in [5, 5.41) is 10.4. The van der Waals surface area contributed by atoms with Gasteiger partial charge in [-0.1, -0.05) is 6.07 Å². The number of hydrogen-bond acceptors (Lipinski definition) is 5. The molecule has 1 aliphatic rings. The second kappa shape index (κ2) is 7.74. The highest BCUT2D eigenvalue weighted by molar-refractivity contribution is 6.16. The zero-order chi connectivity index (χ0) is 22.2. The van der Waals surface area contributed by atoms with Crippen molar-refractivity contribution in [3.8, 4) is 11.5 Å². The molecule has 0 aromatic heterocycles. The minimum atomic E-state index is -4.63. The predicted octanol–water partition coefficient (Wildman–Crippen LogP) is 4.21. The molecule has 1 unspecified atom stereocenters. The first-order valence-electron chi connectivity index (χ1n) is 8.77. The van der Waals surface area contributed by atoms with Gasteiger partial charge in [0.2, 0.25) is 0 Å². The van der Waals surface area contributed by atoms with Crippen molar-refractivity contribution in [3.05, 3.63) is 64.9 Å². The smallest absolute Gasteiger partial charge is 0.416 e. The summed E-state index contributed by atoms with van der Waals surface area (Å²) in [6.45, 7) is 1.16. The van der Waals surface area contributed by atoms with Crippen LogP contribution in [0.2, 0.25) is 0 Å². The zero-order valence-corrected chi connectivity index (χ0v) is 16.3. The molecule has 0 aliphatic carbocycles. The van der Waals surface area contributed by atoms with Gasteiger partial charge in [0.1, 0.15) is 11.5 Å². The number of methoxy groups -OCH3 is 2. The van der Waals surface area contributed by atoms with Gasteiger partial charge >= 0.3 is 6.18 Å². The van der Waals surface area contributed by atoms with E-state index in [4.69, 9.17) is 9.47 Å². The number of carbonyl (C=O) groups excluding carboxylic acids is 2. The number of anilines is 1. The number of ketones is 1. The van der Waals surface area contributed by atoms with Gasteiger partial charge in [0.25, 0.3) is 5.91 Å². The molecule has 1 heterocycles. The van der Waals surface area contributed by atoms with Crippen molar-refractivity contribution in [2.75, 3.05) is 19.1 Å². The molecule has 3 rings (SSSR count). The summed E-state index contributed by atoms with van der Waals surface area (Å²) in [4.78, 5) is 26.0. The molecule has 0 saturated carbocycles. The molecule has 6 nitrogen and oxygen atoms in total. The Hall–Kier alpha value is -3.49. The summed E-state index contributed by atoms with van der Waals surface area (Å²) < 4.78 is 50.1. The Kier molecular flexibility index (Phi) is 5.47. The largest absolute Gasteiger partial charge is 0.503 e. The van der Waals surface area contributed by atoms with Gasteiger partial charge in [-0.15, -0.1) is 0 Å². The number of nitrogens with zero attached hydrogens (tertiary/aromatic N) is 1. The van der Waals surface area contributed by atoms with E-state index in [0.29, 0.717) is 11.3 Å². The summed E-state index contributed by atoms with van der Waals surface area (Å²) in [5.74, 6) is -1.73. The van der Waals surface area contributed by atoms with Crippen LogP contribution < -0.4 is 14.4 Å². The van der Waals surface area contributed by atoms with Gasteiger partial charge in [0.05, 0.1) is 31.4 Å². The minimum Gasteiger partial charge on any atom is -0.503 e. The number of amides is 1. The van der Waals surface area contributed by atoms with E-state index in [2.05, 4.69) is 0 Å². The molecule has 1 amide bonds. The number of rotatable bonds is 5. The lowest BCUT2D eigenvalue weighted by molar-refractivity contribution is -0.137. The van der Waals surface area contributed by atoms with Crippen molar-refractivity contribution in [3.63, 3.8) is 0 Å². The Morgan fingerprint density at radius 2 is 1.80 bits per heavy atom. The average molecular weight is 421 g/mol. The van der Waals surface area contributed by atoms with Crippen molar-refractivity contribution in [2.45, 2.75) is 19.1 Å². The maximum atomic E-state index is 13.2. The topological polar surface area (TPSA) is 76.1 Å². The number of benzene rings is 2. The number of hydrogen-bond donors (Lipinski definition) is 1. The Labute approximate surface area is 170 Å². The lowest BCUT2D eigenvalue weighted by atomic mass is 9.95. The van der Waals surface area contributed by atoms with Crippen LogP contribution in [0.15, 0.2) is 53.8 Å². The van der Waals surface area contributed by atoms with Crippen molar-refractivity contribution in [1.29, 1.82) is 0 Å². The monoisotopic (exact) mass is 421 g/mol. The molecule has 0 spiro atoms. The fourth-order valence-electron chi connectivity index (χ4n) is 3.40. The van der Waals surface area contributed by atoms with Gasteiger partial charge in [-0.25, -0.2) is 0 Å². The maximum Gasteiger partial charge on any atom is 0.416 e. The van der Waals surface area contributed by atoms with Gasteiger partial charge in [-0.3, -0.25) is 14.5 Å². The fraction of sp³-hybridized carbons (Fsp3) is 0.238. The Bertz CT molecular complexity index is 1050. The Morgan fingerprint density at radius 3 is 2.37 bits per heavy atom. The molecule has 1 N–H and O–H groups in total. The molecular weight excluding hydrogens is 403 g/mol. The zero-order valence-electron chi connectivity index (χ0n) is 16.3. The van der Waals surface area contributed by atoms with Gasteiger partial charge in [0, 0.05) is 17.3 Å². The normalized spacial score (nSPS) is 16.8. The second-order valence-electron chi connectivity index (χ2n) is 6.55. The van der Waals surface area contributed by atoms with E-state index in [1.807, 2.05) is 0 Å². The van der Waals surface area contributed by atoms with E-state index < -0.39 is 35.2 Å². The predicted molar refractivity (Wildman–Crippen MR) is 102 cm³/mol. The van der Waals surface area contributed by atoms with Crippen LogP contribution in [0.25, 0.3) is 0 Å². The second-order valence-corrected chi connectivity index (χ2v) is 6.55. The number of alkyl halides is 3. The molecule has 158 valence electrons. The summed E-state index contributed by atoms with van der Waals surface area (Å²) in [7, 11) is 2.80. The molecule has 1 atom stereocenters.